The second-order valence-corrected chi connectivity index (χ2v) is 5.64. The number of aromatic nitrogens is 1. The summed E-state index contributed by atoms with van der Waals surface area (Å²) in [7, 11) is 1.83. The summed E-state index contributed by atoms with van der Waals surface area (Å²) >= 11 is 1.58. The van der Waals surface area contributed by atoms with Crippen LogP contribution in [0.2, 0.25) is 0 Å². The van der Waals surface area contributed by atoms with Crippen LogP contribution in [-0.4, -0.2) is 28.9 Å². The van der Waals surface area contributed by atoms with Crippen molar-refractivity contribution in [1.82, 2.24) is 9.88 Å². The van der Waals surface area contributed by atoms with Gasteiger partial charge in [-0.25, -0.2) is 4.98 Å². The Balaban J connectivity index is 2.08. The molecule has 4 heteroatoms. The molecule has 0 fully saturated rings. The largest absolute Gasteiger partial charge is 0.343 e. The lowest BCUT2D eigenvalue weighted by Gasteiger charge is -2.20. The fourth-order valence-corrected chi connectivity index (χ4v) is 2.49. The predicted octanol–water partition coefficient (Wildman–Crippen LogP) is 3.22. The maximum atomic E-state index is 12.0. The normalized spacial score (nSPS) is 10.7. The number of amides is 1. The van der Waals surface area contributed by atoms with Crippen LogP contribution in [0.25, 0.3) is 10.6 Å². The Bertz CT molecular complexity index is 548. The van der Waals surface area contributed by atoms with E-state index in [1.54, 1.807) is 16.2 Å². The molecule has 0 atom stereocenters. The van der Waals surface area contributed by atoms with Crippen molar-refractivity contribution in [3.05, 3.63) is 41.4 Å². The third-order valence-corrected chi connectivity index (χ3v) is 4.01. The van der Waals surface area contributed by atoms with Crippen LogP contribution in [0.3, 0.4) is 0 Å². The van der Waals surface area contributed by atoms with E-state index in [-0.39, 0.29) is 11.9 Å². The molecule has 0 saturated heterocycles. The number of likely N-dealkylation sites (N-methyl/N-ethyl adjacent to an activating group) is 1. The minimum atomic E-state index is 0.111. The van der Waals surface area contributed by atoms with Crippen LogP contribution in [0, 0.1) is 0 Å². The molecule has 2 rings (SSSR count). The Morgan fingerprint density at radius 1 is 1.32 bits per heavy atom. The third-order valence-electron chi connectivity index (χ3n) is 3.07. The van der Waals surface area contributed by atoms with Crippen molar-refractivity contribution >= 4 is 17.2 Å². The van der Waals surface area contributed by atoms with Gasteiger partial charge in [0.05, 0.1) is 12.1 Å². The van der Waals surface area contributed by atoms with Gasteiger partial charge in [0.2, 0.25) is 5.91 Å². The average Bonchev–Trinajstić information content (AvgIpc) is 2.87. The Morgan fingerprint density at radius 3 is 2.63 bits per heavy atom. The standard InChI is InChI=1S/C15H18N2OS/c1-11(2)17(3)14(18)9-13-10-19-15(16-13)12-7-5-4-6-8-12/h4-8,10-11H,9H2,1-3H3. The predicted molar refractivity (Wildman–Crippen MR) is 79.2 cm³/mol. The molecule has 19 heavy (non-hydrogen) atoms. The molecule has 3 nitrogen and oxygen atoms in total. The lowest BCUT2D eigenvalue weighted by molar-refractivity contribution is -0.130. The van der Waals surface area contributed by atoms with Gasteiger partial charge in [0, 0.05) is 24.0 Å². The van der Waals surface area contributed by atoms with Gasteiger partial charge in [-0.2, -0.15) is 0 Å². The molecular weight excluding hydrogens is 256 g/mol. The van der Waals surface area contributed by atoms with Crippen LogP contribution in [0.4, 0.5) is 0 Å². The van der Waals surface area contributed by atoms with E-state index in [9.17, 15) is 4.79 Å². The number of carbonyl (C=O) groups is 1. The topological polar surface area (TPSA) is 33.2 Å². The van der Waals surface area contributed by atoms with Crippen LogP contribution >= 0.6 is 11.3 Å². The van der Waals surface area contributed by atoms with Crippen molar-refractivity contribution in [3.63, 3.8) is 0 Å². The van der Waals surface area contributed by atoms with Gasteiger partial charge in [-0.05, 0) is 13.8 Å². The van der Waals surface area contributed by atoms with Crippen LogP contribution in [-0.2, 0) is 11.2 Å². The number of thiazole rings is 1. The van der Waals surface area contributed by atoms with Gasteiger partial charge in [-0.3, -0.25) is 4.79 Å². The second kappa shape index (κ2) is 5.97. The zero-order chi connectivity index (χ0) is 13.8. The van der Waals surface area contributed by atoms with E-state index in [2.05, 4.69) is 4.98 Å². The van der Waals surface area contributed by atoms with Gasteiger partial charge in [0.15, 0.2) is 0 Å². The van der Waals surface area contributed by atoms with Gasteiger partial charge in [-0.15, -0.1) is 11.3 Å². The van der Waals surface area contributed by atoms with Crippen LogP contribution in [0.15, 0.2) is 35.7 Å². The van der Waals surface area contributed by atoms with Crippen molar-refractivity contribution in [1.29, 1.82) is 0 Å². The molecule has 0 radical (unpaired) electrons. The van der Waals surface area contributed by atoms with Gasteiger partial charge < -0.3 is 4.90 Å². The first kappa shape index (κ1) is 13.7. The van der Waals surface area contributed by atoms with Gasteiger partial charge >= 0.3 is 0 Å². The second-order valence-electron chi connectivity index (χ2n) is 4.79. The minimum absolute atomic E-state index is 0.111. The lowest BCUT2D eigenvalue weighted by atomic mass is 10.2. The third kappa shape index (κ3) is 3.41. The smallest absolute Gasteiger partial charge is 0.228 e. The number of nitrogens with zero attached hydrogens (tertiary/aromatic N) is 2. The maximum Gasteiger partial charge on any atom is 0.228 e. The Labute approximate surface area is 117 Å². The number of carbonyl (C=O) groups excluding carboxylic acids is 1. The number of hydrogen-bond donors (Lipinski definition) is 0. The Kier molecular flexibility index (Phi) is 4.32. The zero-order valence-corrected chi connectivity index (χ0v) is 12.3. The van der Waals surface area contributed by atoms with E-state index >= 15 is 0 Å². The van der Waals surface area contributed by atoms with E-state index in [0.717, 1.165) is 16.3 Å². The van der Waals surface area contributed by atoms with E-state index in [0.29, 0.717) is 6.42 Å². The summed E-state index contributed by atoms with van der Waals surface area (Å²) in [6.07, 6.45) is 0.373. The first-order valence-corrected chi connectivity index (χ1v) is 7.21. The summed E-state index contributed by atoms with van der Waals surface area (Å²) in [4.78, 5) is 18.3. The summed E-state index contributed by atoms with van der Waals surface area (Å²) in [6, 6.07) is 10.3. The number of hydrogen-bond acceptors (Lipinski definition) is 3. The Hall–Kier alpha value is -1.68. The fourth-order valence-electron chi connectivity index (χ4n) is 1.67. The molecule has 0 aliphatic heterocycles. The van der Waals surface area contributed by atoms with Crippen molar-refractivity contribution < 1.29 is 4.79 Å². The van der Waals surface area contributed by atoms with E-state index in [4.69, 9.17) is 0 Å². The Morgan fingerprint density at radius 2 is 2.00 bits per heavy atom. The summed E-state index contributed by atoms with van der Waals surface area (Å²) in [5.74, 6) is 0.111. The molecule has 2 aromatic rings. The minimum Gasteiger partial charge on any atom is -0.343 e. The molecule has 0 N–H and O–H groups in total. The SMILES string of the molecule is CC(C)N(C)C(=O)Cc1csc(-c2ccccc2)n1. The quantitative estimate of drug-likeness (QED) is 0.857. The highest BCUT2D eigenvalue weighted by Gasteiger charge is 2.14. The summed E-state index contributed by atoms with van der Waals surface area (Å²) < 4.78 is 0. The van der Waals surface area contributed by atoms with E-state index < -0.39 is 0 Å². The lowest BCUT2D eigenvalue weighted by Crippen LogP contribution is -2.34. The van der Waals surface area contributed by atoms with Crippen molar-refractivity contribution in [2.24, 2.45) is 0 Å². The van der Waals surface area contributed by atoms with Gasteiger partial charge in [0.1, 0.15) is 5.01 Å². The molecule has 1 amide bonds. The average molecular weight is 274 g/mol. The molecule has 0 spiro atoms. The molecule has 0 unspecified atom stereocenters. The fraction of sp³-hybridized carbons (Fsp3) is 0.333. The molecule has 1 heterocycles. The van der Waals surface area contributed by atoms with Crippen LogP contribution in [0.5, 0.6) is 0 Å². The first-order valence-electron chi connectivity index (χ1n) is 6.33. The first-order chi connectivity index (χ1) is 9.08. The van der Waals surface area contributed by atoms with Crippen molar-refractivity contribution in [2.45, 2.75) is 26.3 Å². The summed E-state index contributed by atoms with van der Waals surface area (Å²) in [5, 5.41) is 2.93. The van der Waals surface area contributed by atoms with Crippen molar-refractivity contribution in [3.8, 4) is 10.6 Å². The molecule has 100 valence electrons. The monoisotopic (exact) mass is 274 g/mol. The van der Waals surface area contributed by atoms with E-state index in [1.165, 1.54) is 0 Å². The summed E-state index contributed by atoms with van der Waals surface area (Å²) in [6.45, 7) is 4.02. The van der Waals surface area contributed by atoms with Crippen molar-refractivity contribution in [2.75, 3.05) is 7.05 Å². The molecule has 1 aromatic carbocycles. The zero-order valence-electron chi connectivity index (χ0n) is 11.5. The molecule has 0 saturated carbocycles. The highest BCUT2D eigenvalue weighted by molar-refractivity contribution is 7.13. The molecule has 1 aromatic heterocycles. The highest BCUT2D eigenvalue weighted by atomic mass is 32.1. The highest BCUT2D eigenvalue weighted by Crippen LogP contribution is 2.23. The molecular formula is C15H18N2OS. The maximum absolute atomic E-state index is 12.0. The van der Waals surface area contributed by atoms with Crippen LogP contribution < -0.4 is 0 Å². The molecule has 0 bridgehead atoms. The van der Waals surface area contributed by atoms with Crippen LogP contribution in [0.1, 0.15) is 19.5 Å². The van der Waals surface area contributed by atoms with Gasteiger partial charge in [-0.1, -0.05) is 30.3 Å². The summed E-state index contributed by atoms with van der Waals surface area (Å²) in [5.41, 5.74) is 1.95. The molecule has 0 aliphatic rings. The van der Waals surface area contributed by atoms with Gasteiger partial charge in [0.25, 0.3) is 0 Å². The molecule has 0 aliphatic carbocycles. The number of benzene rings is 1. The van der Waals surface area contributed by atoms with E-state index in [1.807, 2.05) is 56.6 Å². The number of rotatable bonds is 4.